The number of rotatable bonds is 4. The summed E-state index contributed by atoms with van der Waals surface area (Å²) in [5.74, 6) is 0.652. The zero-order valence-electron chi connectivity index (χ0n) is 15.4. The largest absolute Gasteiger partial charge is 0.309 e. The molecule has 4 rings (SSSR count). The number of benzene rings is 2. The minimum absolute atomic E-state index is 0.0476. The second kappa shape index (κ2) is 7.04. The maximum absolute atomic E-state index is 12.4. The zero-order chi connectivity index (χ0) is 19.0. The molecule has 1 atom stereocenters. The average Bonchev–Trinajstić information content (AvgIpc) is 3.11. The summed E-state index contributed by atoms with van der Waals surface area (Å²) < 4.78 is 2.09. The Morgan fingerprint density at radius 1 is 1.15 bits per heavy atom. The highest BCUT2D eigenvalue weighted by molar-refractivity contribution is 7.99. The number of aryl methyl sites for hydroxylation is 2. The van der Waals surface area contributed by atoms with Gasteiger partial charge in [-0.1, -0.05) is 36.0 Å². The van der Waals surface area contributed by atoms with Gasteiger partial charge in [0.1, 0.15) is 5.82 Å². The number of imidazole rings is 1. The summed E-state index contributed by atoms with van der Waals surface area (Å²) in [5, 5.41) is 1.43. The molecule has 0 amide bonds. The lowest BCUT2D eigenvalue weighted by Crippen LogP contribution is -2.13. The van der Waals surface area contributed by atoms with Crippen LogP contribution in [0.3, 0.4) is 0 Å². The minimum atomic E-state index is -0.110. The number of hydrogen-bond donors (Lipinski definition) is 1. The molecule has 2 aromatic heterocycles. The van der Waals surface area contributed by atoms with Crippen molar-refractivity contribution >= 4 is 22.7 Å². The lowest BCUT2D eigenvalue weighted by Gasteiger charge is -2.14. The molecule has 0 spiro atoms. The van der Waals surface area contributed by atoms with Crippen LogP contribution in [0.15, 0.2) is 64.8 Å². The van der Waals surface area contributed by atoms with Gasteiger partial charge in [0.05, 0.1) is 21.8 Å². The van der Waals surface area contributed by atoms with Crippen LogP contribution in [0.2, 0.25) is 0 Å². The van der Waals surface area contributed by atoms with Crippen molar-refractivity contribution in [1.29, 1.82) is 0 Å². The normalized spacial score (nSPS) is 12.4. The molecule has 6 heteroatoms. The van der Waals surface area contributed by atoms with Crippen molar-refractivity contribution in [3.63, 3.8) is 0 Å². The van der Waals surface area contributed by atoms with Crippen LogP contribution < -0.4 is 5.56 Å². The van der Waals surface area contributed by atoms with Crippen molar-refractivity contribution < 1.29 is 0 Å². The molecule has 0 saturated heterocycles. The van der Waals surface area contributed by atoms with Gasteiger partial charge in [-0.3, -0.25) is 9.36 Å². The molecular weight excluding hydrogens is 356 g/mol. The Bertz CT molecular complexity index is 1180. The van der Waals surface area contributed by atoms with E-state index in [0.717, 1.165) is 10.8 Å². The molecular formula is C21H20N4OS. The summed E-state index contributed by atoms with van der Waals surface area (Å²) in [6.45, 7) is 6.20. The van der Waals surface area contributed by atoms with Crippen LogP contribution in [0, 0.1) is 13.8 Å². The van der Waals surface area contributed by atoms with Crippen molar-refractivity contribution in [2.75, 3.05) is 0 Å². The van der Waals surface area contributed by atoms with Gasteiger partial charge < -0.3 is 4.98 Å². The van der Waals surface area contributed by atoms with E-state index in [4.69, 9.17) is 0 Å². The van der Waals surface area contributed by atoms with Gasteiger partial charge in [-0.2, -0.15) is 0 Å². The fourth-order valence-corrected chi connectivity index (χ4v) is 3.98. The molecule has 0 fully saturated rings. The average molecular weight is 376 g/mol. The van der Waals surface area contributed by atoms with Crippen LogP contribution in [0.4, 0.5) is 0 Å². The van der Waals surface area contributed by atoms with Crippen LogP contribution in [-0.4, -0.2) is 19.5 Å². The predicted molar refractivity (Wildman–Crippen MR) is 110 cm³/mol. The fraction of sp³-hybridized carbons (Fsp3) is 0.190. The van der Waals surface area contributed by atoms with Crippen LogP contribution in [-0.2, 0) is 0 Å². The molecule has 0 bridgehead atoms. The van der Waals surface area contributed by atoms with Crippen molar-refractivity contribution in [3.05, 3.63) is 82.2 Å². The first kappa shape index (κ1) is 17.5. The number of aromatic amines is 1. The lowest BCUT2D eigenvalue weighted by molar-refractivity contribution is 0.864. The van der Waals surface area contributed by atoms with E-state index in [1.54, 1.807) is 24.0 Å². The smallest absolute Gasteiger partial charge is 0.258 e. The van der Waals surface area contributed by atoms with Gasteiger partial charge in [-0.15, -0.1) is 0 Å². The highest BCUT2D eigenvalue weighted by Crippen LogP contribution is 2.34. The van der Waals surface area contributed by atoms with Crippen LogP contribution in [0.5, 0.6) is 0 Å². The van der Waals surface area contributed by atoms with Gasteiger partial charge in [-0.25, -0.2) is 9.97 Å². The standard InChI is InChI=1S/C21H20N4OS/c1-13-8-9-14(2)18(12-13)25-11-10-22-21(25)27-15(3)19-23-17-7-5-4-6-16(17)20(26)24-19/h4-12,15H,1-3H3,(H,23,24,26). The molecule has 136 valence electrons. The molecule has 27 heavy (non-hydrogen) atoms. The topological polar surface area (TPSA) is 63.6 Å². The number of aromatic nitrogens is 4. The highest BCUT2D eigenvalue weighted by atomic mass is 32.2. The van der Waals surface area contributed by atoms with Gasteiger partial charge in [0, 0.05) is 12.4 Å². The van der Waals surface area contributed by atoms with Crippen LogP contribution >= 0.6 is 11.8 Å². The number of H-pyrrole nitrogens is 1. The van der Waals surface area contributed by atoms with Gasteiger partial charge in [0.15, 0.2) is 5.16 Å². The Morgan fingerprint density at radius 2 is 1.96 bits per heavy atom. The van der Waals surface area contributed by atoms with Gasteiger partial charge in [0.25, 0.3) is 5.56 Å². The first-order valence-corrected chi connectivity index (χ1v) is 9.67. The summed E-state index contributed by atoms with van der Waals surface area (Å²) in [6.07, 6.45) is 3.76. The van der Waals surface area contributed by atoms with E-state index in [2.05, 4.69) is 51.6 Å². The van der Waals surface area contributed by atoms with Crippen LogP contribution in [0.25, 0.3) is 16.6 Å². The minimum Gasteiger partial charge on any atom is -0.309 e. The third-order valence-electron chi connectivity index (χ3n) is 4.53. The first-order chi connectivity index (χ1) is 13.0. The van der Waals surface area contributed by atoms with E-state index < -0.39 is 0 Å². The molecule has 2 aromatic carbocycles. The van der Waals surface area contributed by atoms with Crippen molar-refractivity contribution in [2.45, 2.75) is 31.2 Å². The Kier molecular flexibility index (Phi) is 4.58. The number of nitrogens with zero attached hydrogens (tertiary/aromatic N) is 3. The number of para-hydroxylation sites is 1. The predicted octanol–water partition coefficient (Wildman–Crippen LogP) is 4.58. The van der Waals surface area contributed by atoms with Crippen molar-refractivity contribution in [2.24, 2.45) is 0 Å². The second-order valence-corrected chi connectivity index (χ2v) is 7.91. The Hall–Kier alpha value is -2.86. The fourth-order valence-electron chi connectivity index (χ4n) is 3.05. The molecule has 0 aliphatic rings. The highest BCUT2D eigenvalue weighted by Gasteiger charge is 2.16. The Balaban J connectivity index is 1.69. The molecule has 0 saturated carbocycles. The maximum atomic E-state index is 12.4. The van der Waals surface area contributed by atoms with Crippen molar-refractivity contribution in [1.82, 2.24) is 19.5 Å². The number of hydrogen-bond acceptors (Lipinski definition) is 4. The Labute approximate surface area is 161 Å². The van der Waals surface area contributed by atoms with E-state index in [-0.39, 0.29) is 10.8 Å². The third-order valence-corrected chi connectivity index (χ3v) is 5.62. The quantitative estimate of drug-likeness (QED) is 0.530. The van der Waals surface area contributed by atoms with E-state index in [1.807, 2.05) is 31.3 Å². The molecule has 1 unspecified atom stereocenters. The van der Waals surface area contributed by atoms with Crippen LogP contribution in [0.1, 0.15) is 29.1 Å². The molecule has 1 N–H and O–H groups in total. The third kappa shape index (κ3) is 3.40. The number of nitrogens with one attached hydrogen (secondary N) is 1. The molecule has 0 aliphatic carbocycles. The van der Waals surface area contributed by atoms with E-state index in [1.165, 1.54) is 11.1 Å². The summed E-state index contributed by atoms with van der Waals surface area (Å²) in [4.78, 5) is 24.4. The zero-order valence-corrected chi connectivity index (χ0v) is 16.2. The maximum Gasteiger partial charge on any atom is 0.258 e. The van der Waals surface area contributed by atoms with E-state index in [0.29, 0.717) is 16.7 Å². The molecule has 0 radical (unpaired) electrons. The second-order valence-electron chi connectivity index (χ2n) is 6.60. The van der Waals surface area contributed by atoms with E-state index >= 15 is 0 Å². The first-order valence-electron chi connectivity index (χ1n) is 8.79. The van der Waals surface area contributed by atoms with Crippen molar-refractivity contribution in [3.8, 4) is 5.69 Å². The number of fused-ring (bicyclic) bond motifs is 1. The molecule has 5 nitrogen and oxygen atoms in total. The molecule has 2 heterocycles. The van der Waals surface area contributed by atoms with E-state index in [9.17, 15) is 4.79 Å². The SMILES string of the molecule is Cc1ccc(C)c(-n2ccnc2SC(C)c2nc3ccccc3c(=O)[nH]2)c1. The van der Waals surface area contributed by atoms with Gasteiger partial charge in [-0.05, 0) is 50.1 Å². The van der Waals surface area contributed by atoms with Gasteiger partial charge in [0.2, 0.25) is 0 Å². The molecule has 4 aromatic rings. The lowest BCUT2D eigenvalue weighted by atomic mass is 10.1. The van der Waals surface area contributed by atoms with Gasteiger partial charge >= 0.3 is 0 Å². The summed E-state index contributed by atoms with van der Waals surface area (Å²) in [5.41, 5.74) is 4.10. The Morgan fingerprint density at radius 3 is 2.81 bits per heavy atom. The summed E-state index contributed by atoms with van der Waals surface area (Å²) in [7, 11) is 0. The summed E-state index contributed by atoms with van der Waals surface area (Å²) >= 11 is 1.58. The summed E-state index contributed by atoms with van der Waals surface area (Å²) in [6, 6.07) is 13.8. The number of thioether (sulfide) groups is 1. The molecule has 0 aliphatic heterocycles. The monoisotopic (exact) mass is 376 g/mol.